The predicted molar refractivity (Wildman–Crippen MR) is 110 cm³/mol. The van der Waals surface area contributed by atoms with Crippen molar-refractivity contribution in [2.45, 2.75) is 6.36 Å². The number of rotatable bonds is 5. The Labute approximate surface area is 176 Å². The van der Waals surface area contributed by atoms with Gasteiger partial charge in [-0.05, 0) is 36.4 Å². The number of nitrogens with one attached hydrogen (secondary N) is 1. The van der Waals surface area contributed by atoms with Crippen molar-refractivity contribution >= 4 is 28.4 Å². The van der Waals surface area contributed by atoms with Crippen molar-refractivity contribution in [2.75, 3.05) is 42.9 Å². The molecule has 2 heterocycles. The lowest BCUT2D eigenvalue weighted by Gasteiger charge is -2.34. The lowest BCUT2D eigenvalue weighted by atomic mass is 10.2. The summed E-state index contributed by atoms with van der Waals surface area (Å²) in [5, 5.41) is 2.69. The molecule has 1 fully saturated rings. The van der Waals surface area contributed by atoms with Crippen LogP contribution in [0.15, 0.2) is 54.7 Å². The van der Waals surface area contributed by atoms with Gasteiger partial charge in [0.25, 0.3) is 0 Å². The van der Waals surface area contributed by atoms with Crippen LogP contribution in [0.2, 0.25) is 0 Å². The largest absolute Gasteiger partial charge is 0.573 e. The van der Waals surface area contributed by atoms with Crippen molar-refractivity contribution in [2.24, 2.45) is 0 Å². The summed E-state index contributed by atoms with van der Waals surface area (Å²) in [4.78, 5) is 25.5. The molecule has 0 aliphatic carbocycles. The van der Waals surface area contributed by atoms with Crippen LogP contribution in [-0.4, -0.2) is 59.9 Å². The molecule has 1 aliphatic heterocycles. The molecule has 0 saturated carbocycles. The maximum absolute atomic E-state index is 12.3. The van der Waals surface area contributed by atoms with Crippen LogP contribution in [0.4, 0.5) is 24.7 Å². The predicted octanol–water partition coefficient (Wildman–Crippen LogP) is 3.29. The first kappa shape index (κ1) is 20.9. The second-order valence-electron chi connectivity index (χ2n) is 7.10. The minimum Gasteiger partial charge on any atom is -0.406 e. The number of fused-ring (bicyclic) bond motifs is 1. The molecule has 7 nitrogen and oxygen atoms in total. The molecule has 0 atom stereocenters. The second kappa shape index (κ2) is 8.76. The minimum absolute atomic E-state index is 0.193. The minimum atomic E-state index is -4.74. The Morgan fingerprint density at radius 1 is 1.00 bits per heavy atom. The number of alkyl halides is 3. The highest BCUT2D eigenvalue weighted by molar-refractivity contribution is 5.92. The molecule has 0 unspecified atom stereocenters. The van der Waals surface area contributed by atoms with Crippen LogP contribution < -0.4 is 15.0 Å². The van der Waals surface area contributed by atoms with Gasteiger partial charge in [-0.1, -0.05) is 12.1 Å². The average Bonchev–Trinajstić information content (AvgIpc) is 2.74. The topological polar surface area (TPSA) is 70.6 Å². The lowest BCUT2D eigenvalue weighted by Crippen LogP contribution is -2.49. The summed E-state index contributed by atoms with van der Waals surface area (Å²) in [6.45, 7) is 2.98. The highest BCUT2D eigenvalue weighted by Gasteiger charge is 2.31. The number of nitrogens with zero attached hydrogens (tertiary/aromatic N) is 4. The summed E-state index contributed by atoms with van der Waals surface area (Å²) in [7, 11) is 0. The molecule has 162 valence electrons. The highest BCUT2D eigenvalue weighted by Crippen LogP contribution is 2.24. The zero-order chi connectivity index (χ0) is 21.8. The van der Waals surface area contributed by atoms with Crippen molar-refractivity contribution < 1.29 is 22.7 Å². The summed E-state index contributed by atoms with van der Waals surface area (Å²) < 4.78 is 40.4. The van der Waals surface area contributed by atoms with E-state index in [1.165, 1.54) is 12.1 Å². The molecule has 0 spiro atoms. The van der Waals surface area contributed by atoms with Gasteiger partial charge >= 0.3 is 6.36 Å². The smallest absolute Gasteiger partial charge is 0.406 e. The van der Waals surface area contributed by atoms with Gasteiger partial charge in [0.2, 0.25) is 5.91 Å². The number of para-hydroxylation sites is 2. The van der Waals surface area contributed by atoms with Crippen molar-refractivity contribution in [3.05, 3.63) is 54.7 Å². The SMILES string of the molecule is O=C(CN1CCN(c2cnc3ccccc3n2)CC1)Nc1ccc(OC(F)(F)F)cc1. The first-order valence-corrected chi connectivity index (χ1v) is 9.70. The van der Waals surface area contributed by atoms with E-state index >= 15 is 0 Å². The van der Waals surface area contributed by atoms with Gasteiger partial charge in [0, 0.05) is 31.9 Å². The van der Waals surface area contributed by atoms with Gasteiger partial charge in [-0.25, -0.2) is 4.98 Å². The number of halogens is 3. The van der Waals surface area contributed by atoms with Gasteiger partial charge in [-0.2, -0.15) is 0 Å². The van der Waals surface area contributed by atoms with Gasteiger partial charge in [0.15, 0.2) is 0 Å². The third kappa shape index (κ3) is 5.60. The fourth-order valence-electron chi connectivity index (χ4n) is 3.38. The van der Waals surface area contributed by atoms with E-state index in [-0.39, 0.29) is 18.2 Å². The van der Waals surface area contributed by atoms with Crippen LogP contribution in [0.5, 0.6) is 5.75 Å². The van der Waals surface area contributed by atoms with Gasteiger partial charge in [-0.3, -0.25) is 14.7 Å². The Balaban J connectivity index is 1.27. The van der Waals surface area contributed by atoms with Crippen LogP contribution in [0.3, 0.4) is 0 Å². The normalized spacial score (nSPS) is 15.1. The number of anilines is 2. The molecule has 1 amide bonds. The molecular formula is C21H20F3N5O2. The molecule has 1 N–H and O–H groups in total. The first-order chi connectivity index (χ1) is 14.9. The standard InChI is InChI=1S/C21H20F3N5O2/c22-21(23,24)31-16-7-5-15(6-8-16)26-20(30)14-28-9-11-29(12-10-28)19-13-25-17-3-1-2-4-18(17)27-19/h1-8,13H,9-12,14H2,(H,26,30). The summed E-state index contributed by atoms with van der Waals surface area (Å²) in [6.07, 6.45) is -2.98. The van der Waals surface area contributed by atoms with E-state index in [0.29, 0.717) is 31.9 Å². The number of amides is 1. The van der Waals surface area contributed by atoms with Crippen molar-refractivity contribution in [1.29, 1.82) is 0 Å². The lowest BCUT2D eigenvalue weighted by molar-refractivity contribution is -0.274. The molecule has 1 aliphatic rings. The van der Waals surface area contributed by atoms with E-state index < -0.39 is 6.36 Å². The Bertz CT molecular complexity index is 1050. The van der Waals surface area contributed by atoms with Crippen LogP contribution in [0, 0.1) is 0 Å². The van der Waals surface area contributed by atoms with E-state index in [1.54, 1.807) is 6.20 Å². The number of ether oxygens (including phenoxy) is 1. The van der Waals surface area contributed by atoms with E-state index in [4.69, 9.17) is 0 Å². The Hall–Kier alpha value is -3.40. The van der Waals surface area contributed by atoms with Crippen LogP contribution in [0.1, 0.15) is 0 Å². The fourth-order valence-corrected chi connectivity index (χ4v) is 3.38. The number of aromatic nitrogens is 2. The molecule has 1 saturated heterocycles. The maximum Gasteiger partial charge on any atom is 0.573 e. The second-order valence-corrected chi connectivity index (χ2v) is 7.10. The van der Waals surface area contributed by atoms with Crippen molar-refractivity contribution in [3.8, 4) is 5.75 Å². The summed E-state index contributed by atoms with van der Waals surface area (Å²) in [5.41, 5.74) is 2.10. The number of hydrogen-bond donors (Lipinski definition) is 1. The van der Waals surface area contributed by atoms with Crippen molar-refractivity contribution in [3.63, 3.8) is 0 Å². The van der Waals surface area contributed by atoms with Crippen LogP contribution in [-0.2, 0) is 4.79 Å². The summed E-state index contributed by atoms with van der Waals surface area (Å²) >= 11 is 0. The Morgan fingerprint density at radius 2 is 1.68 bits per heavy atom. The quantitative estimate of drug-likeness (QED) is 0.669. The monoisotopic (exact) mass is 431 g/mol. The molecule has 0 radical (unpaired) electrons. The van der Waals surface area contributed by atoms with Crippen LogP contribution >= 0.6 is 0 Å². The Kier molecular flexibility index (Phi) is 5.90. The van der Waals surface area contributed by atoms with E-state index in [9.17, 15) is 18.0 Å². The van der Waals surface area contributed by atoms with E-state index in [1.807, 2.05) is 29.2 Å². The molecule has 1 aromatic heterocycles. The maximum atomic E-state index is 12.3. The number of hydrogen-bond acceptors (Lipinski definition) is 6. The van der Waals surface area contributed by atoms with E-state index in [0.717, 1.165) is 29.0 Å². The molecule has 3 aromatic rings. The number of benzene rings is 2. The molecule has 4 rings (SSSR count). The van der Waals surface area contributed by atoms with Gasteiger partial charge < -0.3 is 15.0 Å². The van der Waals surface area contributed by atoms with Gasteiger partial charge in [0.1, 0.15) is 11.6 Å². The van der Waals surface area contributed by atoms with Crippen LogP contribution in [0.25, 0.3) is 11.0 Å². The summed E-state index contributed by atoms with van der Waals surface area (Å²) in [6, 6.07) is 12.7. The number of piperazine rings is 1. The molecular weight excluding hydrogens is 411 g/mol. The summed E-state index contributed by atoms with van der Waals surface area (Å²) in [5.74, 6) is 0.241. The van der Waals surface area contributed by atoms with Gasteiger partial charge in [-0.15, -0.1) is 13.2 Å². The third-order valence-corrected chi connectivity index (χ3v) is 4.87. The zero-order valence-electron chi connectivity index (χ0n) is 16.5. The Morgan fingerprint density at radius 3 is 2.35 bits per heavy atom. The van der Waals surface area contributed by atoms with E-state index in [2.05, 4.69) is 24.9 Å². The average molecular weight is 431 g/mol. The number of carbonyl (C=O) groups is 1. The molecule has 10 heteroatoms. The zero-order valence-corrected chi connectivity index (χ0v) is 16.5. The molecule has 0 bridgehead atoms. The highest BCUT2D eigenvalue weighted by atomic mass is 19.4. The third-order valence-electron chi connectivity index (χ3n) is 4.87. The van der Waals surface area contributed by atoms with Gasteiger partial charge in [0.05, 0.1) is 23.8 Å². The molecule has 31 heavy (non-hydrogen) atoms. The number of carbonyl (C=O) groups excluding carboxylic acids is 1. The first-order valence-electron chi connectivity index (χ1n) is 9.70. The fraction of sp³-hybridized carbons (Fsp3) is 0.286. The molecule has 2 aromatic carbocycles. The van der Waals surface area contributed by atoms with Crippen molar-refractivity contribution in [1.82, 2.24) is 14.9 Å².